The van der Waals surface area contributed by atoms with Crippen LogP contribution >= 0.6 is 0 Å². The first-order valence-electron chi connectivity index (χ1n) is 13.8. The highest BCUT2D eigenvalue weighted by atomic mass is 16.7. The van der Waals surface area contributed by atoms with Gasteiger partial charge in [-0.1, -0.05) is 18.2 Å². The van der Waals surface area contributed by atoms with Crippen LogP contribution in [0.1, 0.15) is 68.3 Å². The van der Waals surface area contributed by atoms with Crippen LogP contribution in [0.3, 0.4) is 0 Å². The van der Waals surface area contributed by atoms with E-state index in [9.17, 15) is 4.79 Å². The molecule has 0 atom stereocenters. The fourth-order valence-electron chi connectivity index (χ4n) is 7.99. The number of carbonyl (C=O) groups is 1. The minimum atomic E-state index is -0.443. The number of nitrogens with two attached hydrogens (primary N) is 1. The maximum Gasteiger partial charge on any atom is 0.251 e. The van der Waals surface area contributed by atoms with Gasteiger partial charge < -0.3 is 20.5 Å². The van der Waals surface area contributed by atoms with Crippen LogP contribution in [0.4, 0.5) is 0 Å². The summed E-state index contributed by atoms with van der Waals surface area (Å²) in [6, 6.07) is 16.9. The Balaban J connectivity index is 1.23. The summed E-state index contributed by atoms with van der Waals surface area (Å²) < 4.78 is 12.1. The third-order valence-corrected chi connectivity index (χ3v) is 9.22. The lowest BCUT2D eigenvalue weighted by molar-refractivity contribution is -0.00626. The summed E-state index contributed by atoms with van der Waals surface area (Å²) >= 11 is 0. The standard InChI is InChI=1S/C32H36N2O3/c1-31(2,33)17-34-30(35)25-6-5-22-10-24(4-3-23(22)11-25)26-12-27(29-28(13-26)36-18-37-29)32-14-19-7-20(15-32)9-21(8-19)16-32/h3-6,10-13,19-21H,7-9,14-18,33H2,1-2H3,(H,34,35). The molecule has 1 aliphatic heterocycles. The molecular weight excluding hydrogens is 460 g/mol. The van der Waals surface area contributed by atoms with Gasteiger partial charge in [0.2, 0.25) is 6.79 Å². The Kier molecular flexibility index (Phi) is 5.13. The number of ether oxygens (including phenoxy) is 2. The largest absolute Gasteiger partial charge is 0.454 e. The second kappa shape index (κ2) is 8.22. The molecule has 4 aliphatic carbocycles. The van der Waals surface area contributed by atoms with E-state index in [1.165, 1.54) is 55.2 Å². The van der Waals surface area contributed by atoms with Crippen molar-refractivity contribution in [3.05, 3.63) is 59.7 Å². The van der Waals surface area contributed by atoms with E-state index in [1.807, 2.05) is 32.0 Å². The predicted molar refractivity (Wildman–Crippen MR) is 146 cm³/mol. The van der Waals surface area contributed by atoms with Crippen LogP contribution < -0.4 is 20.5 Å². The fraction of sp³-hybridized carbons (Fsp3) is 0.469. The predicted octanol–water partition coefficient (Wildman–Crippen LogP) is 6.17. The average Bonchev–Trinajstić information content (AvgIpc) is 3.33. The second-order valence-electron chi connectivity index (χ2n) is 12.9. The highest BCUT2D eigenvalue weighted by Crippen LogP contribution is 2.63. The first kappa shape index (κ1) is 23.1. The van der Waals surface area contributed by atoms with Crippen molar-refractivity contribution >= 4 is 16.7 Å². The number of nitrogens with one attached hydrogen (secondary N) is 1. The molecule has 5 heteroatoms. The number of hydrogen-bond acceptors (Lipinski definition) is 4. The summed E-state index contributed by atoms with van der Waals surface area (Å²) in [6.45, 7) is 4.54. The van der Waals surface area contributed by atoms with Crippen molar-refractivity contribution in [3.8, 4) is 22.6 Å². The topological polar surface area (TPSA) is 73.6 Å². The van der Waals surface area contributed by atoms with Crippen LogP contribution in [0, 0.1) is 17.8 Å². The van der Waals surface area contributed by atoms with Gasteiger partial charge in [-0.15, -0.1) is 0 Å². The smallest absolute Gasteiger partial charge is 0.251 e. The zero-order valence-electron chi connectivity index (χ0n) is 21.8. The molecule has 8 rings (SSSR count). The highest BCUT2D eigenvalue weighted by molar-refractivity contribution is 5.99. The quantitative estimate of drug-likeness (QED) is 0.443. The molecule has 5 aliphatic rings. The van der Waals surface area contributed by atoms with Gasteiger partial charge in [0.15, 0.2) is 11.5 Å². The van der Waals surface area contributed by atoms with E-state index in [2.05, 4.69) is 35.6 Å². The van der Waals surface area contributed by atoms with E-state index >= 15 is 0 Å². The summed E-state index contributed by atoms with van der Waals surface area (Å²) in [7, 11) is 0. The molecule has 3 aromatic carbocycles. The van der Waals surface area contributed by atoms with Crippen LogP contribution in [0.2, 0.25) is 0 Å². The van der Waals surface area contributed by atoms with Crippen LogP contribution in [0.15, 0.2) is 48.5 Å². The fourth-order valence-corrected chi connectivity index (χ4v) is 7.99. The van der Waals surface area contributed by atoms with Crippen molar-refractivity contribution in [1.82, 2.24) is 5.32 Å². The molecule has 5 nitrogen and oxygen atoms in total. The van der Waals surface area contributed by atoms with Crippen molar-refractivity contribution in [3.63, 3.8) is 0 Å². The zero-order valence-corrected chi connectivity index (χ0v) is 21.8. The molecule has 4 saturated carbocycles. The summed E-state index contributed by atoms with van der Waals surface area (Å²) in [5.74, 6) is 4.39. The van der Waals surface area contributed by atoms with Gasteiger partial charge in [-0.2, -0.15) is 0 Å². The molecular formula is C32H36N2O3. The lowest BCUT2D eigenvalue weighted by Crippen LogP contribution is -2.48. The van der Waals surface area contributed by atoms with Crippen LogP contribution in [0.5, 0.6) is 11.5 Å². The molecule has 4 bridgehead atoms. The van der Waals surface area contributed by atoms with Crippen LogP contribution in [-0.4, -0.2) is 24.8 Å². The Labute approximate surface area is 218 Å². The molecule has 0 unspecified atom stereocenters. The van der Waals surface area contributed by atoms with Gasteiger partial charge in [-0.05, 0) is 128 Å². The Bertz CT molecular complexity index is 1370. The van der Waals surface area contributed by atoms with Gasteiger partial charge in [-0.3, -0.25) is 4.79 Å². The first-order chi connectivity index (χ1) is 17.7. The molecule has 1 amide bonds. The molecule has 192 valence electrons. The average molecular weight is 497 g/mol. The van der Waals surface area contributed by atoms with Crippen molar-refractivity contribution in [2.75, 3.05) is 13.3 Å². The Hall–Kier alpha value is -3.05. The summed E-state index contributed by atoms with van der Waals surface area (Å²) in [5.41, 5.74) is 10.2. The molecule has 3 N–H and O–H groups in total. The minimum Gasteiger partial charge on any atom is -0.454 e. The van der Waals surface area contributed by atoms with E-state index in [0.717, 1.165) is 40.0 Å². The van der Waals surface area contributed by atoms with Crippen LogP contribution in [-0.2, 0) is 5.41 Å². The molecule has 1 heterocycles. The number of carbonyl (C=O) groups excluding carboxylic acids is 1. The minimum absolute atomic E-state index is 0.0968. The van der Waals surface area contributed by atoms with E-state index in [1.54, 1.807) is 0 Å². The van der Waals surface area contributed by atoms with Gasteiger partial charge in [0.1, 0.15) is 0 Å². The number of rotatable bonds is 5. The van der Waals surface area contributed by atoms with Gasteiger partial charge in [-0.25, -0.2) is 0 Å². The van der Waals surface area contributed by atoms with E-state index in [-0.39, 0.29) is 11.3 Å². The van der Waals surface area contributed by atoms with Crippen molar-refractivity contribution in [2.45, 2.75) is 63.3 Å². The summed E-state index contributed by atoms with van der Waals surface area (Å²) in [4.78, 5) is 12.6. The molecule has 0 aromatic heterocycles. The van der Waals surface area contributed by atoms with E-state index in [0.29, 0.717) is 18.9 Å². The zero-order chi connectivity index (χ0) is 25.4. The third kappa shape index (κ3) is 4.08. The SMILES string of the molecule is CC(C)(N)CNC(=O)c1ccc2cc(-c3cc4c(c(C56CC7CC(CC(C7)C5)C6)c3)OCO4)ccc2c1. The van der Waals surface area contributed by atoms with Gasteiger partial charge >= 0.3 is 0 Å². The highest BCUT2D eigenvalue weighted by Gasteiger charge is 2.53. The molecule has 3 aromatic rings. The Morgan fingerprint density at radius 3 is 2.30 bits per heavy atom. The van der Waals surface area contributed by atoms with Crippen molar-refractivity contribution < 1.29 is 14.3 Å². The maximum absolute atomic E-state index is 12.6. The summed E-state index contributed by atoms with van der Waals surface area (Å²) in [6.07, 6.45) is 8.15. The third-order valence-electron chi connectivity index (χ3n) is 9.22. The second-order valence-corrected chi connectivity index (χ2v) is 12.9. The number of fused-ring (bicyclic) bond motifs is 2. The molecule has 37 heavy (non-hydrogen) atoms. The number of benzene rings is 3. The van der Waals surface area contributed by atoms with E-state index < -0.39 is 5.54 Å². The van der Waals surface area contributed by atoms with Crippen molar-refractivity contribution in [2.24, 2.45) is 23.5 Å². The number of hydrogen-bond donors (Lipinski definition) is 2. The van der Waals surface area contributed by atoms with Gasteiger partial charge in [0.25, 0.3) is 5.91 Å². The van der Waals surface area contributed by atoms with Crippen molar-refractivity contribution in [1.29, 1.82) is 0 Å². The maximum atomic E-state index is 12.6. The summed E-state index contributed by atoms with van der Waals surface area (Å²) in [5, 5.41) is 5.10. The monoisotopic (exact) mass is 496 g/mol. The molecule has 0 radical (unpaired) electrons. The number of amides is 1. The normalized spacial score (nSPS) is 27.6. The van der Waals surface area contributed by atoms with Crippen LogP contribution in [0.25, 0.3) is 21.9 Å². The van der Waals surface area contributed by atoms with Gasteiger partial charge in [0.05, 0.1) is 0 Å². The Morgan fingerprint density at radius 1 is 0.919 bits per heavy atom. The first-order valence-corrected chi connectivity index (χ1v) is 13.8. The van der Waals surface area contributed by atoms with Gasteiger partial charge in [0, 0.05) is 23.2 Å². The lowest BCUT2D eigenvalue weighted by Gasteiger charge is -2.57. The Morgan fingerprint density at radius 2 is 1.59 bits per heavy atom. The lowest BCUT2D eigenvalue weighted by atomic mass is 9.48. The molecule has 0 saturated heterocycles. The molecule has 4 fully saturated rings. The van der Waals surface area contributed by atoms with E-state index in [4.69, 9.17) is 15.2 Å². The molecule has 0 spiro atoms.